The van der Waals surface area contributed by atoms with E-state index in [1.165, 1.54) is 83.0 Å². The SMILES string of the molecule is CCCc1cc(CC)cc(CCCN2CCCC3(c4ccccc4)CCCC3C2)c1. The van der Waals surface area contributed by atoms with Crippen LogP contribution >= 0.6 is 0 Å². The third kappa shape index (κ3) is 4.83. The van der Waals surface area contributed by atoms with Crippen molar-refractivity contribution in [3.8, 4) is 0 Å². The molecule has 0 spiro atoms. The van der Waals surface area contributed by atoms with Crippen LogP contribution in [-0.2, 0) is 24.7 Å². The van der Waals surface area contributed by atoms with E-state index in [1.807, 2.05) is 0 Å². The summed E-state index contributed by atoms with van der Waals surface area (Å²) in [6.45, 7) is 8.44. The molecule has 2 fully saturated rings. The van der Waals surface area contributed by atoms with Crippen molar-refractivity contribution in [3.05, 3.63) is 70.8 Å². The standard InChI is InChI=1S/C29H41N/c1-3-11-25-20-24(4-2)21-26(22-25)12-9-18-30-19-10-17-29(16-8-15-28(29)23-30)27-13-6-5-7-14-27/h5-7,13-14,20-22,28H,3-4,8-12,15-19,23H2,1-2H3. The highest BCUT2D eigenvalue weighted by atomic mass is 15.1. The van der Waals surface area contributed by atoms with Crippen LogP contribution < -0.4 is 0 Å². The van der Waals surface area contributed by atoms with Crippen molar-refractivity contribution >= 4 is 0 Å². The Morgan fingerprint density at radius 2 is 1.63 bits per heavy atom. The van der Waals surface area contributed by atoms with Crippen molar-refractivity contribution in [2.45, 2.75) is 83.5 Å². The Hall–Kier alpha value is -1.60. The lowest BCUT2D eigenvalue weighted by atomic mass is 9.70. The minimum atomic E-state index is 0.459. The van der Waals surface area contributed by atoms with Crippen molar-refractivity contribution in [2.24, 2.45) is 5.92 Å². The third-order valence-electron chi connectivity index (χ3n) is 7.88. The molecule has 1 heterocycles. The fourth-order valence-corrected chi connectivity index (χ4v) is 6.39. The van der Waals surface area contributed by atoms with Crippen LogP contribution in [0.5, 0.6) is 0 Å². The van der Waals surface area contributed by atoms with E-state index < -0.39 is 0 Å². The molecule has 2 atom stereocenters. The van der Waals surface area contributed by atoms with Crippen molar-refractivity contribution in [1.82, 2.24) is 4.90 Å². The number of nitrogens with zero attached hydrogens (tertiary/aromatic N) is 1. The number of fused-ring (bicyclic) bond motifs is 1. The summed E-state index contributed by atoms with van der Waals surface area (Å²) in [6, 6.07) is 18.8. The van der Waals surface area contributed by atoms with E-state index >= 15 is 0 Å². The summed E-state index contributed by atoms with van der Waals surface area (Å²) < 4.78 is 0. The third-order valence-corrected chi connectivity index (χ3v) is 7.88. The van der Waals surface area contributed by atoms with Crippen molar-refractivity contribution in [3.63, 3.8) is 0 Å². The van der Waals surface area contributed by atoms with Gasteiger partial charge in [0.2, 0.25) is 0 Å². The zero-order valence-electron chi connectivity index (χ0n) is 19.3. The molecule has 0 amide bonds. The normalized spacial score (nSPS) is 24.5. The molecule has 2 aliphatic rings. The van der Waals surface area contributed by atoms with Crippen LogP contribution in [0.15, 0.2) is 48.5 Å². The Bertz CT molecular complexity index is 795. The number of aryl methyl sites for hydroxylation is 3. The Kier molecular flexibility index (Phi) is 7.31. The molecule has 1 nitrogen and oxygen atoms in total. The minimum absolute atomic E-state index is 0.459. The second-order valence-corrected chi connectivity index (χ2v) is 9.88. The minimum Gasteiger partial charge on any atom is -0.303 e. The number of benzene rings is 2. The molecule has 162 valence electrons. The smallest absolute Gasteiger partial charge is 0.00182 e. The first-order chi connectivity index (χ1) is 14.7. The maximum Gasteiger partial charge on any atom is 0.00182 e. The second kappa shape index (κ2) is 10.1. The summed E-state index contributed by atoms with van der Waals surface area (Å²) in [7, 11) is 0. The summed E-state index contributed by atoms with van der Waals surface area (Å²) in [5.74, 6) is 0.849. The molecular formula is C29H41N. The van der Waals surface area contributed by atoms with Gasteiger partial charge in [-0.1, -0.05) is 75.2 Å². The quantitative estimate of drug-likeness (QED) is 0.460. The number of rotatable bonds is 8. The first-order valence-corrected chi connectivity index (χ1v) is 12.6. The molecule has 1 aliphatic carbocycles. The lowest BCUT2D eigenvalue weighted by Gasteiger charge is -2.36. The zero-order chi connectivity index (χ0) is 20.8. The highest BCUT2D eigenvalue weighted by Gasteiger charge is 2.45. The maximum absolute atomic E-state index is 2.80. The van der Waals surface area contributed by atoms with E-state index in [1.54, 1.807) is 16.7 Å². The van der Waals surface area contributed by atoms with Crippen LogP contribution in [0.1, 0.15) is 81.0 Å². The highest BCUT2D eigenvalue weighted by molar-refractivity contribution is 5.31. The molecule has 2 aromatic carbocycles. The van der Waals surface area contributed by atoms with Gasteiger partial charge in [-0.15, -0.1) is 0 Å². The van der Waals surface area contributed by atoms with E-state index in [0.717, 1.165) is 12.3 Å². The Morgan fingerprint density at radius 3 is 2.40 bits per heavy atom. The van der Waals surface area contributed by atoms with Gasteiger partial charge in [0.15, 0.2) is 0 Å². The Morgan fingerprint density at radius 1 is 0.900 bits per heavy atom. The van der Waals surface area contributed by atoms with Gasteiger partial charge >= 0.3 is 0 Å². The lowest BCUT2D eigenvalue weighted by Crippen LogP contribution is -2.36. The summed E-state index contributed by atoms with van der Waals surface area (Å²) >= 11 is 0. The van der Waals surface area contributed by atoms with Gasteiger partial charge in [-0.3, -0.25) is 0 Å². The zero-order valence-corrected chi connectivity index (χ0v) is 19.3. The largest absolute Gasteiger partial charge is 0.303 e. The van der Waals surface area contributed by atoms with Gasteiger partial charge in [-0.25, -0.2) is 0 Å². The van der Waals surface area contributed by atoms with Gasteiger partial charge in [0, 0.05) is 6.54 Å². The topological polar surface area (TPSA) is 3.24 Å². The van der Waals surface area contributed by atoms with Gasteiger partial charge < -0.3 is 4.90 Å². The second-order valence-electron chi connectivity index (χ2n) is 9.88. The molecule has 1 saturated carbocycles. The van der Waals surface area contributed by atoms with Crippen LogP contribution in [0.2, 0.25) is 0 Å². The van der Waals surface area contributed by atoms with E-state index in [-0.39, 0.29) is 0 Å². The number of likely N-dealkylation sites (tertiary alicyclic amines) is 1. The van der Waals surface area contributed by atoms with Crippen LogP contribution in [0.25, 0.3) is 0 Å². The molecule has 1 saturated heterocycles. The molecule has 2 aromatic rings. The van der Waals surface area contributed by atoms with Crippen LogP contribution in [-0.4, -0.2) is 24.5 Å². The van der Waals surface area contributed by atoms with Gasteiger partial charge in [0.05, 0.1) is 0 Å². The molecule has 0 radical (unpaired) electrons. The molecule has 1 heteroatoms. The summed E-state index contributed by atoms with van der Waals surface area (Å²) in [5.41, 5.74) is 6.70. The first kappa shape index (κ1) is 21.6. The van der Waals surface area contributed by atoms with Crippen molar-refractivity contribution in [1.29, 1.82) is 0 Å². The molecule has 0 bridgehead atoms. The maximum atomic E-state index is 2.80. The molecule has 30 heavy (non-hydrogen) atoms. The lowest BCUT2D eigenvalue weighted by molar-refractivity contribution is 0.220. The highest BCUT2D eigenvalue weighted by Crippen LogP contribution is 2.50. The number of hydrogen-bond acceptors (Lipinski definition) is 1. The Balaban J connectivity index is 1.37. The van der Waals surface area contributed by atoms with E-state index in [9.17, 15) is 0 Å². The van der Waals surface area contributed by atoms with Crippen LogP contribution in [0.3, 0.4) is 0 Å². The average Bonchev–Trinajstić information content (AvgIpc) is 3.09. The van der Waals surface area contributed by atoms with Gasteiger partial charge in [-0.05, 0) is 98.0 Å². The molecule has 0 aromatic heterocycles. The van der Waals surface area contributed by atoms with Crippen LogP contribution in [0.4, 0.5) is 0 Å². The molecule has 0 N–H and O–H groups in total. The summed E-state index contributed by atoms with van der Waals surface area (Å²) in [5, 5.41) is 0. The van der Waals surface area contributed by atoms with E-state index in [0.29, 0.717) is 5.41 Å². The van der Waals surface area contributed by atoms with Crippen LogP contribution in [0, 0.1) is 5.92 Å². The van der Waals surface area contributed by atoms with Crippen molar-refractivity contribution < 1.29 is 0 Å². The predicted molar refractivity (Wildman–Crippen MR) is 129 cm³/mol. The van der Waals surface area contributed by atoms with Gasteiger partial charge in [0.1, 0.15) is 0 Å². The average molecular weight is 404 g/mol. The summed E-state index contributed by atoms with van der Waals surface area (Å²) in [4.78, 5) is 2.80. The molecular weight excluding hydrogens is 362 g/mol. The molecule has 1 aliphatic heterocycles. The predicted octanol–water partition coefficient (Wildman–Crippen LogP) is 6.97. The fourth-order valence-electron chi connectivity index (χ4n) is 6.39. The van der Waals surface area contributed by atoms with E-state index in [2.05, 4.69) is 67.3 Å². The Labute approximate surface area is 184 Å². The molecule has 4 rings (SSSR count). The monoisotopic (exact) mass is 403 g/mol. The molecule has 2 unspecified atom stereocenters. The van der Waals surface area contributed by atoms with Gasteiger partial charge in [-0.2, -0.15) is 0 Å². The number of hydrogen-bond donors (Lipinski definition) is 0. The fraction of sp³-hybridized carbons (Fsp3) is 0.586. The van der Waals surface area contributed by atoms with Gasteiger partial charge in [0.25, 0.3) is 0 Å². The first-order valence-electron chi connectivity index (χ1n) is 12.6. The van der Waals surface area contributed by atoms with E-state index in [4.69, 9.17) is 0 Å². The van der Waals surface area contributed by atoms with Crippen molar-refractivity contribution in [2.75, 3.05) is 19.6 Å². The summed E-state index contributed by atoms with van der Waals surface area (Å²) in [6.07, 6.45) is 13.1.